The summed E-state index contributed by atoms with van der Waals surface area (Å²) in [6.45, 7) is 6.74. The molecule has 0 saturated heterocycles. The maximum atomic E-state index is 13.4. The Hall–Kier alpha value is -3.55. The third kappa shape index (κ3) is 7.97. The lowest BCUT2D eigenvalue weighted by Gasteiger charge is -2.27. The highest BCUT2D eigenvalue weighted by Crippen LogP contribution is 2.32. The summed E-state index contributed by atoms with van der Waals surface area (Å²) in [7, 11) is 0. The number of aryl methyl sites for hydroxylation is 1. The lowest BCUT2D eigenvalue weighted by Crippen LogP contribution is -2.47. The van der Waals surface area contributed by atoms with E-state index in [0.717, 1.165) is 31.2 Å². The third-order valence-electron chi connectivity index (χ3n) is 6.87. The minimum atomic E-state index is -0.871. The van der Waals surface area contributed by atoms with Crippen molar-refractivity contribution >= 4 is 17.8 Å². The summed E-state index contributed by atoms with van der Waals surface area (Å²) in [6, 6.07) is 13.1. The molecule has 0 bridgehead atoms. The first-order valence-electron chi connectivity index (χ1n) is 13.6. The molecule has 0 spiro atoms. The van der Waals surface area contributed by atoms with Crippen LogP contribution in [0.5, 0.6) is 11.5 Å². The molecule has 0 heterocycles. The monoisotopic (exact) mass is 524 g/mol. The number of hydrogen-bond acceptors (Lipinski definition) is 5. The number of carbonyl (C=O) groups excluding carboxylic acids is 2. The maximum Gasteiger partial charge on any atom is 0.317 e. The molecule has 8 heteroatoms. The Morgan fingerprint density at radius 2 is 1.63 bits per heavy atom. The van der Waals surface area contributed by atoms with E-state index in [2.05, 4.69) is 17.4 Å². The van der Waals surface area contributed by atoms with Crippen LogP contribution in [0.15, 0.2) is 42.5 Å². The summed E-state index contributed by atoms with van der Waals surface area (Å²) < 4.78 is 11.6. The van der Waals surface area contributed by atoms with E-state index >= 15 is 0 Å². The number of unbranched alkanes of at least 4 members (excludes halogenated alkanes) is 1. The summed E-state index contributed by atoms with van der Waals surface area (Å²) in [6.07, 6.45) is 4.61. The van der Waals surface area contributed by atoms with Gasteiger partial charge in [-0.3, -0.25) is 9.59 Å². The third-order valence-corrected chi connectivity index (χ3v) is 6.87. The summed E-state index contributed by atoms with van der Waals surface area (Å²) >= 11 is 0. The predicted octanol–water partition coefficient (Wildman–Crippen LogP) is 5.47. The molecule has 1 aliphatic carbocycles. The van der Waals surface area contributed by atoms with Crippen LogP contribution < -0.4 is 14.8 Å². The van der Waals surface area contributed by atoms with E-state index in [1.165, 1.54) is 12.5 Å². The van der Waals surface area contributed by atoms with Crippen molar-refractivity contribution in [1.29, 1.82) is 0 Å². The van der Waals surface area contributed by atoms with E-state index in [1.807, 2.05) is 32.0 Å². The van der Waals surface area contributed by atoms with Crippen LogP contribution in [0.3, 0.4) is 0 Å². The second-order valence-corrected chi connectivity index (χ2v) is 9.69. The van der Waals surface area contributed by atoms with Crippen molar-refractivity contribution in [3.8, 4) is 11.5 Å². The predicted molar refractivity (Wildman–Crippen MR) is 146 cm³/mol. The SMILES string of the molecule is CCOc1cc(CN(CCCCc2ccccc2)C(=O)NC2CCC[C@H]2C(=O)O)cc(OCC)c1C(C)=O. The number of carboxylic acids is 1. The molecular formula is C30H40N2O6. The van der Waals surface area contributed by atoms with Crippen molar-refractivity contribution in [2.45, 2.75) is 71.9 Å². The Labute approximate surface area is 225 Å². The van der Waals surface area contributed by atoms with Crippen LogP contribution in [0, 0.1) is 5.92 Å². The molecule has 206 valence electrons. The number of benzene rings is 2. The van der Waals surface area contributed by atoms with E-state index in [9.17, 15) is 19.5 Å². The Balaban J connectivity index is 1.80. The van der Waals surface area contributed by atoms with Gasteiger partial charge in [-0.2, -0.15) is 0 Å². The molecule has 2 atom stereocenters. The van der Waals surface area contributed by atoms with E-state index in [-0.39, 0.29) is 24.4 Å². The standard InChI is InChI=1S/C30H40N2O6/c1-4-37-26-18-23(19-27(38-5-2)28(26)21(3)33)20-32(17-10-9-14-22-12-7-6-8-13-22)30(36)31-25-16-11-15-24(25)29(34)35/h6-8,12-13,18-19,24-25H,4-5,9-11,14-17,20H2,1-3H3,(H,31,36)(H,34,35)/t24-,25?/m1/s1. The Bertz CT molecular complexity index is 1060. The molecule has 38 heavy (non-hydrogen) atoms. The van der Waals surface area contributed by atoms with Gasteiger partial charge in [-0.1, -0.05) is 36.8 Å². The number of Topliss-reactive ketones (excluding diaryl/α,β-unsaturated/α-hetero) is 1. The number of urea groups is 1. The number of ether oxygens (including phenoxy) is 2. The molecule has 0 radical (unpaired) electrons. The number of ketones is 1. The van der Waals surface area contributed by atoms with Crippen LogP contribution in [0.4, 0.5) is 4.79 Å². The Kier molecular flexibility index (Phi) is 11.0. The lowest BCUT2D eigenvalue weighted by atomic mass is 10.0. The van der Waals surface area contributed by atoms with Crippen LogP contribution in [0.25, 0.3) is 0 Å². The van der Waals surface area contributed by atoms with Gasteiger partial charge >= 0.3 is 12.0 Å². The molecule has 2 amide bonds. The number of nitrogens with one attached hydrogen (secondary N) is 1. The molecule has 2 N–H and O–H groups in total. The van der Waals surface area contributed by atoms with Gasteiger partial charge in [-0.05, 0) is 76.1 Å². The first kappa shape index (κ1) is 29.0. The maximum absolute atomic E-state index is 13.4. The molecule has 2 aromatic rings. The fourth-order valence-electron chi connectivity index (χ4n) is 5.05. The van der Waals surface area contributed by atoms with Gasteiger partial charge in [0.05, 0.1) is 19.1 Å². The summed E-state index contributed by atoms with van der Waals surface area (Å²) in [4.78, 5) is 39.2. The largest absolute Gasteiger partial charge is 0.493 e. The average Bonchev–Trinajstić information content (AvgIpc) is 3.35. The van der Waals surface area contributed by atoms with Crippen molar-refractivity contribution in [1.82, 2.24) is 10.2 Å². The minimum Gasteiger partial charge on any atom is -0.493 e. The van der Waals surface area contributed by atoms with Crippen molar-refractivity contribution in [3.05, 3.63) is 59.2 Å². The van der Waals surface area contributed by atoms with Gasteiger partial charge in [0.1, 0.15) is 17.1 Å². The summed E-state index contributed by atoms with van der Waals surface area (Å²) in [5.41, 5.74) is 2.43. The average molecular weight is 525 g/mol. The van der Waals surface area contributed by atoms with Crippen LogP contribution in [0.2, 0.25) is 0 Å². The van der Waals surface area contributed by atoms with Gasteiger partial charge in [0, 0.05) is 19.1 Å². The zero-order chi connectivity index (χ0) is 27.5. The molecule has 1 saturated carbocycles. The fourth-order valence-corrected chi connectivity index (χ4v) is 5.05. The van der Waals surface area contributed by atoms with Gasteiger partial charge in [-0.25, -0.2) is 4.79 Å². The van der Waals surface area contributed by atoms with Crippen molar-refractivity contribution in [2.75, 3.05) is 19.8 Å². The highest BCUT2D eigenvalue weighted by Gasteiger charge is 2.34. The second-order valence-electron chi connectivity index (χ2n) is 9.69. The van der Waals surface area contributed by atoms with E-state index < -0.39 is 11.9 Å². The molecule has 1 unspecified atom stereocenters. The van der Waals surface area contributed by atoms with E-state index in [4.69, 9.17) is 9.47 Å². The zero-order valence-electron chi connectivity index (χ0n) is 22.7. The van der Waals surface area contributed by atoms with Crippen LogP contribution in [-0.4, -0.2) is 53.6 Å². The molecule has 2 aromatic carbocycles. The number of amides is 2. The minimum absolute atomic E-state index is 0.153. The van der Waals surface area contributed by atoms with Crippen molar-refractivity contribution in [2.24, 2.45) is 5.92 Å². The first-order valence-corrected chi connectivity index (χ1v) is 13.6. The van der Waals surface area contributed by atoms with Crippen LogP contribution >= 0.6 is 0 Å². The van der Waals surface area contributed by atoms with E-state index in [0.29, 0.717) is 49.7 Å². The van der Waals surface area contributed by atoms with Gasteiger partial charge in [0.25, 0.3) is 0 Å². The van der Waals surface area contributed by atoms with Gasteiger partial charge in [0.15, 0.2) is 5.78 Å². The lowest BCUT2D eigenvalue weighted by molar-refractivity contribution is -0.142. The molecule has 3 rings (SSSR count). The van der Waals surface area contributed by atoms with Crippen molar-refractivity contribution in [3.63, 3.8) is 0 Å². The quantitative estimate of drug-likeness (QED) is 0.251. The Morgan fingerprint density at radius 3 is 2.21 bits per heavy atom. The van der Waals surface area contributed by atoms with Crippen LogP contribution in [-0.2, 0) is 17.8 Å². The van der Waals surface area contributed by atoms with Crippen LogP contribution in [0.1, 0.15) is 74.4 Å². The van der Waals surface area contributed by atoms with E-state index in [1.54, 1.807) is 17.0 Å². The number of rotatable bonds is 14. The number of nitrogens with zero attached hydrogens (tertiary/aromatic N) is 1. The normalized spacial score (nSPS) is 16.6. The number of carbonyl (C=O) groups is 3. The molecule has 0 aliphatic heterocycles. The van der Waals surface area contributed by atoms with Gasteiger partial charge in [0.2, 0.25) is 0 Å². The number of aliphatic carboxylic acids is 1. The summed E-state index contributed by atoms with van der Waals surface area (Å²) in [5, 5.41) is 12.6. The molecule has 0 aromatic heterocycles. The first-order chi connectivity index (χ1) is 18.3. The second kappa shape index (κ2) is 14.4. The Morgan fingerprint density at radius 1 is 0.974 bits per heavy atom. The van der Waals surface area contributed by atoms with Gasteiger partial charge < -0.3 is 24.8 Å². The highest BCUT2D eigenvalue weighted by molar-refractivity contribution is 5.99. The molecular weight excluding hydrogens is 484 g/mol. The molecule has 8 nitrogen and oxygen atoms in total. The number of hydrogen-bond donors (Lipinski definition) is 2. The van der Waals surface area contributed by atoms with Gasteiger partial charge in [-0.15, -0.1) is 0 Å². The number of carboxylic acid groups (broad SMARTS) is 1. The molecule has 1 aliphatic rings. The van der Waals surface area contributed by atoms with Crippen molar-refractivity contribution < 1.29 is 29.0 Å². The molecule has 1 fully saturated rings. The highest BCUT2D eigenvalue weighted by atomic mass is 16.5. The summed E-state index contributed by atoms with van der Waals surface area (Å²) in [5.74, 6) is -0.716. The zero-order valence-corrected chi connectivity index (χ0v) is 22.7. The topological polar surface area (TPSA) is 105 Å². The fraction of sp³-hybridized carbons (Fsp3) is 0.500. The smallest absolute Gasteiger partial charge is 0.317 e.